The third-order valence-corrected chi connectivity index (χ3v) is 2.02. The average molecular weight is 260 g/mol. The molecule has 0 aromatic carbocycles. The second-order valence-electron chi connectivity index (χ2n) is 3.46. The van der Waals surface area contributed by atoms with Crippen LogP contribution in [-0.4, -0.2) is 34.9 Å². The Kier molecular flexibility index (Phi) is 3.57. The zero-order chi connectivity index (χ0) is 13.6. The first-order chi connectivity index (χ1) is 6.69. The van der Waals surface area contributed by atoms with E-state index in [1.165, 1.54) is 0 Å². The van der Waals surface area contributed by atoms with Crippen LogP contribution in [0.4, 0.5) is 35.1 Å². The highest BCUT2D eigenvalue weighted by Gasteiger charge is 2.77. The van der Waals surface area contributed by atoms with Crippen molar-refractivity contribution in [2.24, 2.45) is 0 Å². The molecule has 1 nitrogen and oxygen atoms in total. The number of hydrogen-bond donors (Lipinski definition) is 1. The monoisotopic (exact) mass is 260 g/mol. The highest BCUT2D eigenvalue weighted by molar-refractivity contribution is 5.05. The second kappa shape index (κ2) is 3.71. The summed E-state index contributed by atoms with van der Waals surface area (Å²) >= 11 is 0. The molecule has 9 heteroatoms. The highest BCUT2D eigenvalue weighted by atomic mass is 19.3. The van der Waals surface area contributed by atoms with Crippen LogP contribution in [0, 0.1) is 0 Å². The molecule has 0 aliphatic heterocycles. The fourth-order valence-corrected chi connectivity index (χ4v) is 0.737. The standard InChI is InChI=1S/C7H8F8O/c1-4(10,3(8)9)6(13,14)7(15,16)5(2,11)12/h3,16H,1-2H3. The van der Waals surface area contributed by atoms with E-state index in [1.54, 1.807) is 0 Å². The smallest absolute Gasteiger partial charge is 0.350 e. The largest absolute Gasteiger partial charge is 0.352 e. The van der Waals surface area contributed by atoms with Crippen LogP contribution < -0.4 is 0 Å². The van der Waals surface area contributed by atoms with Gasteiger partial charge >= 0.3 is 17.7 Å². The van der Waals surface area contributed by atoms with E-state index in [1.807, 2.05) is 0 Å². The van der Waals surface area contributed by atoms with E-state index in [-0.39, 0.29) is 0 Å². The molecule has 0 aliphatic rings. The molecule has 0 aliphatic carbocycles. The predicted octanol–water partition coefficient (Wildman–Crippen LogP) is 2.93. The van der Waals surface area contributed by atoms with E-state index in [2.05, 4.69) is 0 Å². The van der Waals surface area contributed by atoms with Gasteiger partial charge in [0.25, 0.3) is 6.43 Å². The van der Waals surface area contributed by atoms with Crippen LogP contribution in [0.1, 0.15) is 13.8 Å². The topological polar surface area (TPSA) is 20.2 Å². The number of hydrogen-bond acceptors (Lipinski definition) is 1. The Labute approximate surface area is 85.0 Å². The van der Waals surface area contributed by atoms with E-state index >= 15 is 0 Å². The van der Waals surface area contributed by atoms with E-state index in [9.17, 15) is 35.1 Å². The van der Waals surface area contributed by atoms with Gasteiger partial charge in [-0.3, -0.25) is 0 Å². The maximum absolute atomic E-state index is 12.8. The Hall–Kier alpha value is -0.600. The Morgan fingerprint density at radius 1 is 0.875 bits per heavy atom. The van der Waals surface area contributed by atoms with Gasteiger partial charge in [-0.1, -0.05) is 0 Å². The molecular weight excluding hydrogens is 252 g/mol. The molecule has 16 heavy (non-hydrogen) atoms. The molecule has 0 aromatic heterocycles. The van der Waals surface area contributed by atoms with Crippen molar-refractivity contribution in [2.45, 2.75) is 43.6 Å². The summed E-state index contributed by atoms with van der Waals surface area (Å²) in [5.41, 5.74) is -4.93. The van der Waals surface area contributed by atoms with Gasteiger partial charge in [-0.2, -0.15) is 13.2 Å². The van der Waals surface area contributed by atoms with Crippen LogP contribution in [0.5, 0.6) is 0 Å². The van der Waals surface area contributed by atoms with Crippen molar-refractivity contribution in [1.29, 1.82) is 0 Å². The molecule has 0 radical (unpaired) electrons. The van der Waals surface area contributed by atoms with Crippen molar-refractivity contribution in [3.8, 4) is 0 Å². The van der Waals surface area contributed by atoms with Gasteiger partial charge in [0.05, 0.1) is 0 Å². The molecule has 0 saturated heterocycles. The van der Waals surface area contributed by atoms with E-state index in [0.29, 0.717) is 0 Å². The van der Waals surface area contributed by atoms with Crippen molar-refractivity contribution in [1.82, 2.24) is 0 Å². The average Bonchev–Trinajstić information content (AvgIpc) is 2.00. The molecular formula is C7H8F8O. The van der Waals surface area contributed by atoms with Gasteiger partial charge in [0, 0.05) is 6.92 Å². The zero-order valence-electron chi connectivity index (χ0n) is 8.05. The van der Waals surface area contributed by atoms with Crippen molar-refractivity contribution in [2.75, 3.05) is 0 Å². The Morgan fingerprint density at radius 3 is 1.38 bits per heavy atom. The van der Waals surface area contributed by atoms with Crippen LogP contribution in [0.25, 0.3) is 0 Å². The van der Waals surface area contributed by atoms with Crippen molar-refractivity contribution in [3.05, 3.63) is 0 Å². The van der Waals surface area contributed by atoms with Crippen LogP contribution >= 0.6 is 0 Å². The van der Waals surface area contributed by atoms with Gasteiger partial charge in [-0.25, -0.2) is 22.0 Å². The first-order valence-corrected chi connectivity index (χ1v) is 3.83. The SMILES string of the molecule is CC(F)(F)C(O)(F)C(F)(F)C(C)(F)C(F)F. The van der Waals surface area contributed by atoms with Crippen LogP contribution in [0.2, 0.25) is 0 Å². The molecule has 0 fully saturated rings. The van der Waals surface area contributed by atoms with Crippen molar-refractivity contribution in [3.63, 3.8) is 0 Å². The summed E-state index contributed by atoms with van der Waals surface area (Å²) in [6.07, 6.45) is -4.45. The van der Waals surface area contributed by atoms with E-state index in [4.69, 9.17) is 5.11 Å². The molecule has 0 bridgehead atoms. The summed E-state index contributed by atoms with van der Waals surface area (Å²) in [5, 5.41) is 8.22. The predicted molar refractivity (Wildman–Crippen MR) is 37.1 cm³/mol. The second-order valence-corrected chi connectivity index (χ2v) is 3.46. The summed E-state index contributed by atoms with van der Waals surface area (Å²) < 4.78 is 99.3. The quantitative estimate of drug-likeness (QED) is 0.770. The molecule has 0 aromatic rings. The van der Waals surface area contributed by atoms with Gasteiger partial charge in [0.15, 0.2) is 0 Å². The summed E-state index contributed by atoms with van der Waals surface area (Å²) in [6.45, 7) is -0.962. The summed E-state index contributed by atoms with van der Waals surface area (Å²) in [5.74, 6) is -16.8. The summed E-state index contributed by atoms with van der Waals surface area (Å²) in [4.78, 5) is 0. The fraction of sp³-hybridized carbons (Fsp3) is 1.00. The van der Waals surface area contributed by atoms with Gasteiger partial charge in [-0.15, -0.1) is 0 Å². The van der Waals surface area contributed by atoms with Gasteiger partial charge in [-0.05, 0) is 6.92 Å². The minimum absolute atomic E-state index is 0.478. The number of halogens is 8. The minimum atomic E-state index is -5.98. The Bertz CT molecular complexity index is 254. The molecule has 1 N–H and O–H groups in total. The lowest BCUT2D eigenvalue weighted by Crippen LogP contribution is -2.66. The molecule has 0 spiro atoms. The van der Waals surface area contributed by atoms with E-state index < -0.39 is 43.6 Å². The van der Waals surface area contributed by atoms with Crippen LogP contribution in [0.15, 0.2) is 0 Å². The third-order valence-electron chi connectivity index (χ3n) is 2.02. The number of alkyl halides is 8. The maximum atomic E-state index is 12.8. The van der Waals surface area contributed by atoms with Crippen molar-refractivity contribution >= 4 is 0 Å². The zero-order valence-corrected chi connectivity index (χ0v) is 8.05. The summed E-state index contributed by atoms with van der Waals surface area (Å²) in [7, 11) is 0. The first kappa shape index (κ1) is 15.4. The fourth-order valence-electron chi connectivity index (χ4n) is 0.737. The molecule has 0 saturated carbocycles. The molecule has 0 heterocycles. The normalized spacial score (nSPS) is 21.8. The molecule has 2 unspecified atom stereocenters. The van der Waals surface area contributed by atoms with E-state index in [0.717, 1.165) is 0 Å². The first-order valence-electron chi connectivity index (χ1n) is 3.83. The lowest BCUT2D eigenvalue weighted by Gasteiger charge is -2.38. The van der Waals surface area contributed by atoms with Crippen LogP contribution in [0.3, 0.4) is 0 Å². The lowest BCUT2D eigenvalue weighted by atomic mass is 9.90. The van der Waals surface area contributed by atoms with Crippen LogP contribution in [-0.2, 0) is 0 Å². The lowest BCUT2D eigenvalue weighted by molar-refractivity contribution is -0.378. The van der Waals surface area contributed by atoms with Gasteiger partial charge in [0.1, 0.15) is 0 Å². The summed E-state index contributed by atoms with van der Waals surface area (Å²) in [6, 6.07) is 0. The van der Waals surface area contributed by atoms with Gasteiger partial charge in [0.2, 0.25) is 5.67 Å². The molecule has 0 rings (SSSR count). The molecule has 2 atom stereocenters. The number of rotatable bonds is 4. The molecule has 0 amide bonds. The maximum Gasteiger partial charge on any atom is 0.350 e. The van der Waals surface area contributed by atoms with Gasteiger partial charge < -0.3 is 5.11 Å². The highest BCUT2D eigenvalue weighted by Crippen LogP contribution is 2.50. The third kappa shape index (κ3) is 1.96. The Balaban J connectivity index is 5.53. The van der Waals surface area contributed by atoms with Crippen molar-refractivity contribution < 1.29 is 40.2 Å². The molecule has 98 valence electrons. The minimum Gasteiger partial charge on any atom is -0.352 e. The number of aliphatic hydroxyl groups is 1. The Morgan fingerprint density at radius 2 is 1.19 bits per heavy atom.